The van der Waals surface area contributed by atoms with Crippen LogP contribution in [0.5, 0.6) is 0 Å². The highest BCUT2D eigenvalue weighted by Crippen LogP contribution is 2.39. The minimum atomic E-state index is -0.664. The number of rotatable bonds is 7. The van der Waals surface area contributed by atoms with Crippen molar-refractivity contribution >= 4 is 16.6 Å². The number of anilines is 1. The first-order valence-corrected chi connectivity index (χ1v) is 10.9. The molecule has 0 radical (unpaired) electrons. The number of aromatic nitrogens is 2. The van der Waals surface area contributed by atoms with E-state index in [4.69, 9.17) is 12.4 Å². The van der Waals surface area contributed by atoms with Gasteiger partial charge in [-0.05, 0) is 44.7 Å². The normalized spacial score (nSPS) is 18.8. The van der Waals surface area contributed by atoms with Crippen molar-refractivity contribution in [1.82, 2.24) is 14.1 Å². The number of likely N-dealkylation sites (N-methyl/N-ethyl adjacent to an activating group) is 1. The van der Waals surface area contributed by atoms with E-state index in [0.29, 0.717) is 40.5 Å². The molecule has 1 saturated carbocycles. The van der Waals surface area contributed by atoms with Gasteiger partial charge >= 0.3 is 5.69 Å². The summed E-state index contributed by atoms with van der Waals surface area (Å²) in [6.45, 7) is 15.3. The van der Waals surface area contributed by atoms with E-state index in [2.05, 4.69) is 16.7 Å². The minimum Gasteiger partial charge on any atom is -0.369 e. The number of halogens is 1. The summed E-state index contributed by atoms with van der Waals surface area (Å²) in [6, 6.07) is 1.25. The van der Waals surface area contributed by atoms with Crippen LogP contribution in [0, 0.1) is 25.2 Å². The number of fused-ring (bicyclic) bond motifs is 1. The lowest BCUT2D eigenvalue weighted by Crippen LogP contribution is -2.44. The van der Waals surface area contributed by atoms with Crippen molar-refractivity contribution in [3.63, 3.8) is 0 Å². The number of nitrogens with two attached hydrogens (primary N) is 1. The van der Waals surface area contributed by atoms with Gasteiger partial charge in [-0.15, -0.1) is 0 Å². The lowest BCUT2D eigenvalue weighted by Gasteiger charge is -2.25. The quantitative estimate of drug-likeness (QED) is 0.537. The molecule has 2 N–H and O–H groups in total. The number of hydrogen-bond donors (Lipinski definition) is 1. The van der Waals surface area contributed by atoms with Gasteiger partial charge in [-0.2, -0.15) is 4.68 Å². The van der Waals surface area contributed by atoms with E-state index in [9.17, 15) is 9.59 Å². The Morgan fingerprint density at radius 2 is 2.06 bits per heavy atom. The molecule has 1 atom stereocenters. The van der Waals surface area contributed by atoms with Crippen LogP contribution in [0.2, 0.25) is 0 Å². The first-order valence-electron chi connectivity index (χ1n) is 10.9. The zero-order chi connectivity index (χ0) is 22.3. The molecule has 1 aromatic carbocycles. The largest absolute Gasteiger partial charge is 0.369 e. The third kappa shape index (κ3) is 3.81. The van der Waals surface area contributed by atoms with Gasteiger partial charge in [0.1, 0.15) is 5.82 Å². The summed E-state index contributed by atoms with van der Waals surface area (Å²) in [5, 5.41) is 0.153. The average molecular weight is 429 g/mol. The van der Waals surface area contributed by atoms with Crippen LogP contribution in [0.15, 0.2) is 15.7 Å². The van der Waals surface area contributed by atoms with Gasteiger partial charge in [-0.25, -0.2) is 15.8 Å². The predicted molar refractivity (Wildman–Crippen MR) is 119 cm³/mol. The molecule has 166 valence electrons. The van der Waals surface area contributed by atoms with Crippen LogP contribution in [-0.4, -0.2) is 53.4 Å². The van der Waals surface area contributed by atoms with Crippen molar-refractivity contribution < 1.29 is 4.39 Å². The molecule has 2 fully saturated rings. The van der Waals surface area contributed by atoms with Gasteiger partial charge in [-0.1, -0.05) is 6.92 Å². The summed E-state index contributed by atoms with van der Waals surface area (Å²) in [7, 11) is 0. The lowest BCUT2D eigenvalue weighted by atomic mass is 10.1. The smallest absolute Gasteiger partial charge is 0.350 e. The minimum absolute atomic E-state index is 0.00861. The van der Waals surface area contributed by atoms with Gasteiger partial charge in [0.15, 0.2) is 0 Å². The zero-order valence-corrected chi connectivity index (χ0v) is 18.1. The fraction of sp³-hybridized carbons (Fsp3) is 0.591. The molecule has 1 aliphatic heterocycles. The first kappa shape index (κ1) is 21.4. The molecule has 2 aromatic rings. The molecule has 8 nitrogen and oxygen atoms in total. The first-order chi connectivity index (χ1) is 14.9. The Kier molecular flexibility index (Phi) is 5.75. The number of benzene rings is 1. The van der Waals surface area contributed by atoms with Crippen molar-refractivity contribution in [3.05, 3.63) is 49.7 Å². The highest BCUT2D eigenvalue weighted by molar-refractivity contribution is 5.87. The van der Waals surface area contributed by atoms with Crippen molar-refractivity contribution in [1.29, 1.82) is 0 Å². The third-order valence-corrected chi connectivity index (χ3v) is 6.57. The van der Waals surface area contributed by atoms with Gasteiger partial charge in [0.2, 0.25) is 6.54 Å². The van der Waals surface area contributed by atoms with Gasteiger partial charge in [0.05, 0.1) is 23.1 Å². The van der Waals surface area contributed by atoms with Crippen LogP contribution in [0.3, 0.4) is 0 Å². The van der Waals surface area contributed by atoms with E-state index in [1.807, 2.05) is 4.90 Å². The Balaban J connectivity index is 1.70. The SMILES string of the molecule is [C-]#[N+]CCN(CC)CC1CCN(c2c(F)cc3c(=O)n(N)c(=O)n(C4CC4)c3c2C)C1. The maximum atomic E-state index is 15.3. The van der Waals surface area contributed by atoms with E-state index < -0.39 is 17.1 Å². The summed E-state index contributed by atoms with van der Waals surface area (Å²) in [5.41, 5.74) is 0.396. The summed E-state index contributed by atoms with van der Waals surface area (Å²) in [5.74, 6) is 5.63. The van der Waals surface area contributed by atoms with Crippen molar-refractivity contribution in [2.24, 2.45) is 5.92 Å². The molecule has 2 heterocycles. The lowest BCUT2D eigenvalue weighted by molar-refractivity contribution is 0.259. The van der Waals surface area contributed by atoms with Crippen LogP contribution in [0.4, 0.5) is 10.1 Å². The van der Waals surface area contributed by atoms with E-state index in [0.717, 1.165) is 45.4 Å². The fourth-order valence-corrected chi connectivity index (χ4v) is 4.84. The van der Waals surface area contributed by atoms with Crippen LogP contribution in [0.1, 0.15) is 37.8 Å². The summed E-state index contributed by atoms with van der Waals surface area (Å²) in [6.07, 6.45) is 2.64. The molecule has 0 bridgehead atoms. The van der Waals surface area contributed by atoms with Crippen LogP contribution in [0.25, 0.3) is 15.7 Å². The number of aryl methyl sites for hydroxylation is 1. The van der Waals surface area contributed by atoms with E-state index >= 15 is 4.39 Å². The number of nitrogens with zero attached hydrogens (tertiary/aromatic N) is 5. The van der Waals surface area contributed by atoms with Crippen LogP contribution < -0.4 is 22.0 Å². The number of hydrogen-bond acceptors (Lipinski definition) is 5. The van der Waals surface area contributed by atoms with Gasteiger partial charge in [-0.3, -0.25) is 14.3 Å². The Labute approximate surface area is 180 Å². The maximum Gasteiger partial charge on any atom is 0.350 e. The second-order valence-corrected chi connectivity index (χ2v) is 8.66. The fourth-order valence-electron chi connectivity index (χ4n) is 4.84. The maximum absolute atomic E-state index is 15.3. The van der Waals surface area contributed by atoms with Gasteiger partial charge in [0.25, 0.3) is 5.56 Å². The van der Waals surface area contributed by atoms with Crippen LogP contribution in [-0.2, 0) is 0 Å². The molecule has 9 heteroatoms. The Morgan fingerprint density at radius 3 is 2.71 bits per heavy atom. The van der Waals surface area contributed by atoms with Crippen LogP contribution >= 0.6 is 0 Å². The summed E-state index contributed by atoms with van der Waals surface area (Å²) >= 11 is 0. The van der Waals surface area contributed by atoms with E-state index in [-0.39, 0.29) is 11.4 Å². The molecule has 4 rings (SSSR count). The molecule has 0 spiro atoms. The average Bonchev–Trinajstić information content (AvgIpc) is 3.49. The molecule has 31 heavy (non-hydrogen) atoms. The topological polar surface area (TPSA) is 80.9 Å². The summed E-state index contributed by atoms with van der Waals surface area (Å²) in [4.78, 5) is 33.1. The molecular formula is C22H29FN6O2. The molecule has 1 unspecified atom stereocenters. The predicted octanol–water partition coefficient (Wildman–Crippen LogP) is 1.73. The third-order valence-electron chi connectivity index (χ3n) is 6.57. The highest BCUT2D eigenvalue weighted by Gasteiger charge is 2.32. The monoisotopic (exact) mass is 428 g/mol. The highest BCUT2D eigenvalue weighted by atomic mass is 19.1. The molecular weight excluding hydrogens is 399 g/mol. The van der Waals surface area contributed by atoms with Crippen molar-refractivity contribution in [2.45, 2.75) is 39.2 Å². The Hall–Kier alpha value is -2.86. The number of nitrogen functional groups attached to an aromatic ring is 1. The summed E-state index contributed by atoms with van der Waals surface area (Å²) < 4.78 is 17.4. The molecule has 0 amide bonds. The molecule has 2 aliphatic rings. The standard InChI is InChI=1S/C22H29FN6O2/c1-4-26(10-8-25-3)12-15-7-9-27(13-15)20-14(2)19-17(11-18(20)23)21(30)29(24)22(31)28(19)16-5-6-16/h11,15-16H,4-10,12-13,24H2,1-2H3. The van der Waals surface area contributed by atoms with Gasteiger partial charge in [0, 0.05) is 31.2 Å². The second kappa shape index (κ2) is 8.35. The van der Waals surface area contributed by atoms with E-state index in [1.165, 1.54) is 6.07 Å². The molecule has 1 saturated heterocycles. The second-order valence-electron chi connectivity index (χ2n) is 8.66. The zero-order valence-electron chi connectivity index (χ0n) is 18.1. The van der Waals surface area contributed by atoms with Crippen molar-refractivity contribution in [2.75, 3.05) is 50.0 Å². The van der Waals surface area contributed by atoms with Crippen molar-refractivity contribution in [3.8, 4) is 0 Å². The molecule has 1 aliphatic carbocycles. The molecule has 1 aromatic heterocycles. The van der Waals surface area contributed by atoms with E-state index in [1.54, 1.807) is 11.5 Å². The Bertz CT molecular complexity index is 1160. The Morgan fingerprint density at radius 1 is 1.32 bits per heavy atom. The van der Waals surface area contributed by atoms with Gasteiger partial charge < -0.3 is 15.6 Å².